The molecule has 1 heterocycles. The SMILES string of the molecule is CC(C)(N)Cc1ccccc1OC1CCSC1. The molecule has 1 aromatic carbocycles. The third kappa shape index (κ3) is 3.93. The van der Waals surface area contributed by atoms with Gasteiger partial charge in [-0.15, -0.1) is 0 Å². The molecule has 1 aromatic rings. The molecule has 1 fully saturated rings. The minimum absolute atomic E-state index is 0.191. The number of thioether (sulfide) groups is 1. The number of benzene rings is 1. The molecule has 0 bridgehead atoms. The van der Waals surface area contributed by atoms with Crippen molar-refractivity contribution in [2.45, 2.75) is 38.3 Å². The summed E-state index contributed by atoms with van der Waals surface area (Å²) in [6, 6.07) is 8.26. The molecular weight excluding hydrogens is 230 g/mol. The van der Waals surface area contributed by atoms with E-state index in [-0.39, 0.29) is 5.54 Å². The van der Waals surface area contributed by atoms with E-state index in [1.807, 2.05) is 17.8 Å². The molecule has 0 saturated carbocycles. The first-order chi connectivity index (χ1) is 8.04. The van der Waals surface area contributed by atoms with Gasteiger partial charge in [-0.25, -0.2) is 0 Å². The molecule has 0 spiro atoms. The van der Waals surface area contributed by atoms with Crippen LogP contribution in [0.15, 0.2) is 24.3 Å². The molecule has 1 aliphatic rings. The molecule has 1 saturated heterocycles. The molecule has 2 rings (SSSR count). The van der Waals surface area contributed by atoms with Crippen molar-refractivity contribution < 1.29 is 4.74 Å². The molecule has 1 aliphatic heterocycles. The van der Waals surface area contributed by atoms with Crippen molar-refractivity contribution in [2.24, 2.45) is 5.73 Å². The maximum absolute atomic E-state index is 6.08. The Morgan fingerprint density at radius 1 is 1.41 bits per heavy atom. The average molecular weight is 251 g/mol. The monoisotopic (exact) mass is 251 g/mol. The van der Waals surface area contributed by atoms with E-state index in [0.29, 0.717) is 6.10 Å². The lowest BCUT2D eigenvalue weighted by Crippen LogP contribution is -2.34. The first-order valence-electron chi connectivity index (χ1n) is 6.16. The third-order valence-corrected chi connectivity index (χ3v) is 3.93. The molecule has 0 aromatic heterocycles. The Labute approximate surface area is 108 Å². The van der Waals surface area contributed by atoms with Crippen molar-refractivity contribution in [1.82, 2.24) is 0 Å². The minimum atomic E-state index is -0.191. The number of nitrogens with two attached hydrogens (primary N) is 1. The van der Waals surface area contributed by atoms with E-state index in [9.17, 15) is 0 Å². The summed E-state index contributed by atoms with van der Waals surface area (Å²) in [7, 11) is 0. The van der Waals surface area contributed by atoms with E-state index in [1.54, 1.807) is 0 Å². The third-order valence-electron chi connectivity index (χ3n) is 2.80. The smallest absolute Gasteiger partial charge is 0.123 e. The van der Waals surface area contributed by atoms with Crippen LogP contribution in [0.3, 0.4) is 0 Å². The molecule has 2 nitrogen and oxygen atoms in total. The topological polar surface area (TPSA) is 35.2 Å². The summed E-state index contributed by atoms with van der Waals surface area (Å²) in [5.41, 5.74) is 7.11. The fraction of sp³-hybridized carbons (Fsp3) is 0.571. The highest BCUT2D eigenvalue weighted by atomic mass is 32.2. The van der Waals surface area contributed by atoms with Crippen molar-refractivity contribution in [3.63, 3.8) is 0 Å². The van der Waals surface area contributed by atoms with Crippen molar-refractivity contribution in [3.8, 4) is 5.75 Å². The van der Waals surface area contributed by atoms with Crippen LogP contribution in [0.4, 0.5) is 0 Å². The first-order valence-corrected chi connectivity index (χ1v) is 7.31. The predicted octanol–water partition coefficient (Wildman–Crippen LogP) is 2.85. The molecule has 0 amide bonds. The molecule has 94 valence electrons. The lowest BCUT2D eigenvalue weighted by Gasteiger charge is -2.22. The van der Waals surface area contributed by atoms with Crippen LogP contribution in [-0.2, 0) is 6.42 Å². The number of rotatable bonds is 4. The van der Waals surface area contributed by atoms with Crippen LogP contribution >= 0.6 is 11.8 Å². The van der Waals surface area contributed by atoms with Crippen LogP contribution < -0.4 is 10.5 Å². The summed E-state index contributed by atoms with van der Waals surface area (Å²) in [5, 5.41) is 0. The number of hydrogen-bond acceptors (Lipinski definition) is 3. The molecule has 17 heavy (non-hydrogen) atoms. The maximum atomic E-state index is 6.08. The van der Waals surface area contributed by atoms with Gasteiger partial charge < -0.3 is 10.5 Å². The average Bonchev–Trinajstić information content (AvgIpc) is 2.71. The number of hydrogen-bond donors (Lipinski definition) is 1. The maximum Gasteiger partial charge on any atom is 0.123 e. The van der Waals surface area contributed by atoms with E-state index in [1.165, 1.54) is 11.3 Å². The molecule has 0 radical (unpaired) electrons. The van der Waals surface area contributed by atoms with Gasteiger partial charge >= 0.3 is 0 Å². The summed E-state index contributed by atoms with van der Waals surface area (Å²) in [5.74, 6) is 3.34. The van der Waals surface area contributed by atoms with E-state index in [2.05, 4.69) is 32.0 Å². The molecule has 0 aliphatic carbocycles. The van der Waals surface area contributed by atoms with Gasteiger partial charge in [0.15, 0.2) is 0 Å². The van der Waals surface area contributed by atoms with Gasteiger partial charge in [0.2, 0.25) is 0 Å². The number of ether oxygens (including phenoxy) is 1. The fourth-order valence-electron chi connectivity index (χ4n) is 2.04. The standard InChI is InChI=1S/C14H21NOS/c1-14(2,15)9-11-5-3-4-6-13(11)16-12-7-8-17-10-12/h3-6,12H,7-10,15H2,1-2H3. The lowest BCUT2D eigenvalue weighted by molar-refractivity contribution is 0.226. The van der Waals surface area contributed by atoms with Gasteiger partial charge in [-0.2, -0.15) is 11.8 Å². The van der Waals surface area contributed by atoms with Crippen LogP contribution in [-0.4, -0.2) is 23.1 Å². The highest BCUT2D eigenvalue weighted by molar-refractivity contribution is 7.99. The first kappa shape index (κ1) is 12.8. The van der Waals surface area contributed by atoms with E-state index in [4.69, 9.17) is 10.5 Å². The van der Waals surface area contributed by atoms with Crippen LogP contribution in [0.5, 0.6) is 5.75 Å². The second-order valence-electron chi connectivity index (χ2n) is 5.38. The van der Waals surface area contributed by atoms with E-state index < -0.39 is 0 Å². The minimum Gasteiger partial charge on any atom is -0.489 e. The Hall–Kier alpha value is -0.670. The highest BCUT2D eigenvalue weighted by Gasteiger charge is 2.20. The number of para-hydroxylation sites is 1. The van der Waals surface area contributed by atoms with E-state index in [0.717, 1.165) is 24.3 Å². The van der Waals surface area contributed by atoms with Crippen molar-refractivity contribution in [2.75, 3.05) is 11.5 Å². The van der Waals surface area contributed by atoms with Gasteiger partial charge in [0.25, 0.3) is 0 Å². The van der Waals surface area contributed by atoms with Crippen LogP contribution in [0.2, 0.25) is 0 Å². The van der Waals surface area contributed by atoms with Gasteiger partial charge in [0.1, 0.15) is 11.9 Å². The molecule has 1 unspecified atom stereocenters. The molecule has 1 atom stereocenters. The Kier molecular flexibility index (Phi) is 4.00. The molecular formula is C14H21NOS. The van der Waals surface area contributed by atoms with Gasteiger partial charge in [-0.1, -0.05) is 18.2 Å². The summed E-state index contributed by atoms with van der Waals surface area (Å²) < 4.78 is 6.08. The summed E-state index contributed by atoms with van der Waals surface area (Å²) >= 11 is 1.97. The van der Waals surface area contributed by atoms with Crippen LogP contribution in [0, 0.1) is 0 Å². The van der Waals surface area contributed by atoms with Gasteiger partial charge in [-0.3, -0.25) is 0 Å². The zero-order chi connectivity index (χ0) is 12.3. The quantitative estimate of drug-likeness (QED) is 0.893. The normalized spacial score (nSPS) is 20.5. The Bertz CT molecular complexity index is 367. The summed E-state index contributed by atoms with van der Waals surface area (Å²) in [4.78, 5) is 0. The van der Waals surface area contributed by atoms with Crippen molar-refractivity contribution >= 4 is 11.8 Å². The zero-order valence-electron chi connectivity index (χ0n) is 10.6. The van der Waals surface area contributed by atoms with Crippen LogP contribution in [0.25, 0.3) is 0 Å². The van der Waals surface area contributed by atoms with Crippen molar-refractivity contribution in [1.29, 1.82) is 0 Å². The second kappa shape index (κ2) is 5.32. The largest absolute Gasteiger partial charge is 0.489 e. The Morgan fingerprint density at radius 2 is 2.18 bits per heavy atom. The van der Waals surface area contributed by atoms with Crippen LogP contribution in [0.1, 0.15) is 25.8 Å². The predicted molar refractivity (Wildman–Crippen MR) is 74.8 cm³/mol. The highest BCUT2D eigenvalue weighted by Crippen LogP contribution is 2.27. The van der Waals surface area contributed by atoms with Gasteiger partial charge in [0, 0.05) is 11.3 Å². The Balaban J connectivity index is 2.09. The summed E-state index contributed by atoms with van der Waals surface area (Å²) in [6.07, 6.45) is 2.38. The summed E-state index contributed by atoms with van der Waals surface area (Å²) in [6.45, 7) is 4.10. The molecule has 2 N–H and O–H groups in total. The fourth-order valence-corrected chi connectivity index (χ4v) is 3.13. The molecule has 3 heteroatoms. The Morgan fingerprint density at radius 3 is 2.82 bits per heavy atom. The van der Waals surface area contributed by atoms with Crippen molar-refractivity contribution in [3.05, 3.63) is 29.8 Å². The van der Waals surface area contributed by atoms with E-state index >= 15 is 0 Å². The second-order valence-corrected chi connectivity index (χ2v) is 6.53. The van der Waals surface area contributed by atoms with Gasteiger partial charge in [-0.05, 0) is 44.1 Å². The lowest BCUT2D eigenvalue weighted by atomic mass is 9.95. The zero-order valence-corrected chi connectivity index (χ0v) is 11.4. The van der Waals surface area contributed by atoms with Gasteiger partial charge in [0.05, 0.1) is 0 Å².